The number of benzene rings is 3. The van der Waals surface area contributed by atoms with Crippen molar-refractivity contribution in [1.29, 1.82) is 5.26 Å². The summed E-state index contributed by atoms with van der Waals surface area (Å²) in [5, 5.41) is 12.8. The number of rotatable bonds is 6. The summed E-state index contributed by atoms with van der Waals surface area (Å²) in [5.74, 6) is 0.127. The molecule has 0 unspecified atom stereocenters. The van der Waals surface area contributed by atoms with Crippen LogP contribution in [0, 0.1) is 21.8 Å². The number of amides is 1. The molecule has 0 radical (unpaired) electrons. The number of hydrogen-bond donors (Lipinski definition) is 1. The molecule has 32 heavy (non-hydrogen) atoms. The predicted octanol–water partition coefficient (Wildman–Crippen LogP) is 7.90. The van der Waals surface area contributed by atoms with Crippen molar-refractivity contribution in [3.63, 3.8) is 0 Å². The van der Waals surface area contributed by atoms with Crippen molar-refractivity contribution in [2.24, 2.45) is 0 Å². The van der Waals surface area contributed by atoms with Gasteiger partial charge in [0, 0.05) is 14.3 Å². The Kier molecular flexibility index (Phi) is 8.77. The van der Waals surface area contributed by atoms with Crippen LogP contribution in [0.1, 0.15) is 16.7 Å². The van der Waals surface area contributed by atoms with Crippen LogP contribution in [0.2, 0.25) is 5.02 Å². The summed E-state index contributed by atoms with van der Waals surface area (Å²) >= 11 is 15.4. The first-order valence-electron chi connectivity index (χ1n) is 9.33. The molecule has 0 aromatic heterocycles. The molecule has 0 aliphatic rings. The number of carbonyl (C=O) groups excluding carboxylic acids is 1. The van der Waals surface area contributed by atoms with Crippen molar-refractivity contribution in [1.82, 2.24) is 0 Å². The van der Waals surface area contributed by atoms with Crippen molar-refractivity contribution in [2.75, 3.05) is 5.32 Å². The minimum absolute atomic E-state index is 0.0317. The SMILES string of the molecule is Cc1c(Cl)cccc1NC(=O)/C(C#N)=C\c1cc(Br)c(OCc2ccc(I)cc2)c(Br)c1. The fraction of sp³-hybridized carbons (Fsp3) is 0.0833. The molecule has 1 N–H and O–H groups in total. The number of nitriles is 1. The van der Waals surface area contributed by atoms with Gasteiger partial charge in [0.15, 0.2) is 0 Å². The Bertz CT molecular complexity index is 1210. The standard InChI is InChI=1S/C24H16Br2ClIN2O2/c1-14-21(27)3-2-4-22(14)30-24(31)17(12-29)9-16-10-19(25)23(20(26)11-16)32-13-15-5-7-18(28)8-6-15/h2-11H,13H2,1H3,(H,30,31)/b17-9-. The smallest absolute Gasteiger partial charge is 0.266 e. The molecule has 3 aromatic rings. The van der Waals surface area contributed by atoms with Crippen LogP contribution in [0.3, 0.4) is 0 Å². The fourth-order valence-electron chi connectivity index (χ4n) is 2.78. The lowest BCUT2D eigenvalue weighted by Gasteiger charge is -2.12. The number of halogens is 4. The second-order valence-electron chi connectivity index (χ2n) is 6.77. The van der Waals surface area contributed by atoms with Crippen molar-refractivity contribution in [3.8, 4) is 11.8 Å². The summed E-state index contributed by atoms with van der Waals surface area (Å²) in [6.45, 7) is 2.21. The molecule has 0 saturated heterocycles. The van der Waals surface area contributed by atoms with E-state index < -0.39 is 5.91 Å². The maximum Gasteiger partial charge on any atom is 0.266 e. The number of nitrogens with zero attached hydrogens (tertiary/aromatic N) is 1. The first kappa shape index (κ1) is 24.8. The molecule has 8 heteroatoms. The van der Waals surface area contributed by atoms with E-state index in [1.54, 1.807) is 37.3 Å². The van der Waals surface area contributed by atoms with Gasteiger partial charge >= 0.3 is 0 Å². The highest BCUT2D eigenvalue weighted by Gasteiger charge is 2.14. The van der Waals surface area contributed by atoms with Crippen molar-refractivity contribution in [3.05, 3.63) is 94.4 Å². The van der Waals surface area contributed by atoms with Gasteiger partial charge in [0.1, 0.15) is 24.0 Å². The summed E-state index contributed by atoms with van der Waals surface area (Å²) in [6.07, 6.45) is 1.52. The minimum Gasteiger partial charge on any atom is -0.487 e. The molecular formula is C24H16Br2ClIN2O2. The summed E-state index contributed by atoms with van der Waals surface area (Å²) in [7, 11) is 0. The zero-order valence-corrected chi connectivity index (χ0v) is 22.8. The van der Waals surface area contributed by atoms with Crippen LogP contribution < -0.4 is 10.1 Å². The van der Waals surface area contributed by atoms with Crippen LogP contribution in [-0.4, -0.2) is 5.91 Å². The van der Waals surface area contributed by atoms with Crippen LogP contribution in [0.4, 0.5) is 5.69 Å². The molecule has 3 rings (SSSR count). The minimum atomic E-state index is -0.510. The largest absolute Gasteiger partial charge is 0.487 e. The van der Waals surface area contributed by atoms with Crippen molar-refractivity contribution < 1.29 is 9.53 Å². The van der Waals surface area contributed by atoms with Crippen molar-refractivity contribution in [2.45, 2.75) is 13.5 Å². The van der Waals surface area contributed by atoms with Gasteiger partial charge in [-0.05, 0) is 121 Å². The lowest BCUT2D eigenvalue weighted by Crippen LogP contribution is -2.14. The molecular weight excluding hydrogens is 670 g/mol. The van der Waals surface area contributed by atoms with Crippen LogP contribution in [0.15, 0.2) is 69.1 Å². The molecule has 3 aromatic carbocycles. The fourth-order valence-corrected chi connectivity index (χ4v) is 4.77. The normalized spacial score (nSPS) is 11.1. The van der Waals surface area contributed by atoms with E-state index in [9.17, 15) is 10.1 Å². The highest BCUT2D eigenvalue weighted by Crippen LogP contribution is 2.36. The van der Waals surface area contributed by atoms with Gasteiger partial charge in [-0.15, -0.1) is 0 Å². The predicted molar refractivity (Wildman–Crippen MR) is 144 cm³/mol. The molecule has 0 aliphatic carbocycles. The first-order valence-corrected chi connectivity index (χ1v) is 12.4. The first-order chi connectivity index (χ1) is 15.3. The number of ether oxygens (including phenoxy) is 1. The van der Waals surface area contributed by atoms with Crippen LogP contribution in [0.5, 0.6) is 5.75 Å². The molecule has 0 aliphatic heterocycles. The molecule has 0 atom stereocenters. The quantitative estimate of drug-likeness (QED) is 0.163. The lowest BCUT2D eigenvalue weighted by molar-refractivity contribution is -0.112. The average molecular weight is 687 g/mol. The van der Waals surface area contributed by atoms with Crippen molar-refractivity contribution >= 4 is 83.7 Å². The topological polar surface area (TPSA) is 62.1 Å². The van der Waals surface area contributed by atoms with E-state index in [2.05, 4.69) is 59.8 Å². The molecule has 1 amide bonds. The summed E-state index contributed by atoms with van der Waals surface area (Å²) in [6, 6.07) is 18.8. The Hall–Kier alpha value is -1.86. The molecule has 162 valence electrons. The molecule has 0 heterocycles. The van der Waals surface area contributed by atoms with Gasteiger partial charge in [0.2, 0.25) is 0 Å². The highest BCUT2D eigenvalue weighted by molar-refractivity contribution is 14.1. The maximum absolute atomic E-state index is 12.6. The van der Waals surface area contributed by atoms with Crippen LogP contribution in [0.25, 0.3) is 6.08 Å². The Morgan fingerprint density at radius 2 is 1.84 bits per heavy atom. The third-order valence-corrected chi connectivity index (χ3v) is 6.82. The monoisotopic (exact) mass is 684 g/mol. The second kappa shape index (κ2) is 11.3. The van der Waals surface area contributed by atoms with Gasteiger partial charge < -0.3 is 10.1 Å². The van der Waals surface area contributed by atoms with E-state index in [1.165, 1.54) is 6.08 Å². The van der Waals surface area contributed by atoms with Gasteiger partial charge in [-0.2, -0.15) is 5.26 Å². The number of anilines is 1. The molecule has 4 nitrogen and oxygen atoms in total. The van der Waals surface area contributed by atoms with Crippen LogP contribution in [-0.2, 0) is 11.4 Å². The van der Waals surface area contributed by atoms with E-state index in [-0.39, 0.29) is 5.57 Å². The van der Waals surface area contributed by atoms with E-state index in [0.717, 1.165) is 14.7 Å². The average Bonchev–Trinajstić information content (AvgIpc) is 2.76. The zero-order chi connectivity index (χ0) is 23.3. The molecule has 0 fully saturated rings. The van der Waals surface area contributed by atoms with Gasteiger partial charge in [-0.3, -0.25) is 4.79 Å². The summed E-state index contributed by atoms with van der Waals surface area (Å²) < 4.78 is 8.52. The van der Waals surface area contributed by atoms with Gasteiger partial charge in [0.05, 0.1) is 8.95 Å². The second-order valence-corrected chi connectivity index (χ2v) is 10.1. The Morgan fingerprint density at radius 3 is 2.47 bits per heavy atom. The third-order valence-electron chi connectivity index (χ3n) is 4.51. The Labute approximate surface area is 222 Å². The van der Waals surface area contributed by atoms with Crippen LogP contribution >= 0.6 is 66.1 Å². The summed E-state index contributed by atoms with van der Waals surface area (Å²) in [5.41, 5.74) is 2.98. The van der Waals surface area contributed by atoms with E-state index in [4.69, 9.17) is 16.3 Å². The summed E-state index contributed by atoms with van der Waals surface area (Å²) in [4.78, 5) is 12.6. The Balaban J connectivity index is 1.78. The van der Waals surface area contributed by atoms with Gasteiger partial charge in [-0.25, -0.2) is 0 Å². The molecule has 0 spiro atoms. The third kappa shape index (κ3) is 6.35. The zero-order valence-electron chi connectivity index (χ0n) is 16.8. The highest BCUT2D eigenvalue weighted by atomic mass is 127. The molecule has 0 bridgehead atoms. The molecule has 0 saturated carbocycles. The van der Waals surface area contributed by atoms with E-state index >= 15 is 0 Å². The van der Waals surface area contributed by atoms with E-state index in [0.29, 0.717) is 37.6 Å². The lowest BCUT2D eigenvalue weighted by atomic mass is 10.1. The number of hydrogen-bond acceptors (Lipinski definition) is 3. The number of nitrogens with one attached hydrogen (secondary N) is 1. The van der Waals surface area contributed by atoms with Gasteiger partial charge in [0.25, 0.3) is 5.91 Å². The van der Waals surface area contributed by atoms with Gasteiger partial charge in [-0.1, -0.05) is 29.8 Å². The number of carbonyl (C=O) groups is 1. The maximum atomic E-state index is 12.6. The Morgan fingerprint density at radius 1 is 1.19 bits per heavy atom. The van der Waals surface area contributed by atoms with E-state index in [1.807, 2.05) is 30.3 Å².